The third-order valence-corrected chi connectivity index (χ3v) is 2.68. The second-order valence-electron chi connectivity index (χ2n) is 5.23. The number of aromatic nitrogens is 2. The van der Waals surface area contributed by atoms with Gasteiger partial charge in [-0.05, 0) is 19.9 Å². The molecule has 0 atom stereocenters. The van der Waals surface area contributed by atoms with Crippen molar-refractivity contribution in [1.82, 2.24) is 15.5 Å². The van der Waals surface area contributed by atoms with Crippen molar-refractivity contribution < 1.29 is 9.72 Å². The van der Waals surface area contributed by atoms with E-state index < -0.39 is 16.4 Å². The number of benzene rings is 1. The molecule has 9 heteroatoms. The number of non-ortho nitro benzene ring substituents is 1. The Bertz CT molecular complexity index is 677. The Balaban J connectivity index is 0.00000220. The molecule has 1 heterocycles. The lowest BCUT2D eigenvalue weighted by atomic mass is 10.1. The minimum atomic E-state index is -0.548. The van der Waals surface area contributed by atoms with E-state index in [9.17, 15) is 14.9 Å². The van der Waals surface area contributed by atoms with Crippen LogP contribution in [0.1, 0.15) is 24.3 Å². The Labute approximate surface area is 126 Å². The Morgan fingerprint density at radius 2 is 2.19 bits per heavy atom. The number of aromatic amines is 1. The molecule has 0 saturated heterocycles. The number of rotatable bonds is 4. The molecular weight excluding hydrogens is 298 g/mol. The summed E-state index contributed by atoms with van der Waals surface area (Å²) in [4.78, 5) is 22.3. The molecule has 2 aromatic rings. The van der Waals surface area contributed by atoms with Crippen LogP contribution in [0.3, 0.4) is 0 Å². The highest BCUT2D eigenvalue weighted by Crippen LogP contribution is 2.22. The Hall–Kier alpha value is -2.19. The van der Waals surface area contributed by atoms with Crippen molar-refractivity contribution >= 4 is 34.9 Å². The largest absolute Gasteiger partial charge is 0.349 e. The van der Waals surface area contributed by atoms with Crippen LogP contribution >= 0.6 is 12.4 Å². The number of nitrogens with two attached hydrogens (primary N) is 1. The topological polar surface area (TPSA) is 127 Å². The monoisotopic (exact) mass is 313 g/mol. The van der Waals surface area contributed by atoms with Crippen molar-refractivity contribution in [1.29, 1.82) is 0 Å². The highest BCUT2D eigenvalue weighted by molar-refractivity contribution is 6.05. The normalized spacial score (nSPS) is 11.0. The summed E-state index contributed by atoms with van der Waals surface area (Å²) in [5.41, 5.74) is 5.82. The molecule has 8 nitrogen and oxygen atoms in total. The minimum absolute atomic E-state index is 0. The van der Waals surface area contributed by atoms with Crippen LogP contribution in [0.4, 0.5) is 5.69 Å². The quantitative estimate of drug-likeness (QED) is 0.580. The molecule has 0 aliphatic carbocycles. The third kappa shape index (κ3) is 3.89. The zero-order valence-corrected chi connectivity index (χ0v) is 12.4. The highest BCUT2D eigenvalue weighted by atomic mass is 35.5. The number of amides is 1. The van der Waals surface area contributed by atoms with E-state index >= 15 is 0 Å². The summed E-state index contributed by atoms with van der Waals surface area (Å²) in [6.45, 7) is 3.83. The SMILES string of the molecule is CC(C)(N)CNC(=O)c1n[nH]c2ccc([N+](=O)[O-])cc12.Cl. The standard InChI is InChI=1S/C12H15N5O3.ClH/c1-12(2,13)6-14-11(18)10-8-5-7(17(19)20)3-4-9(8)15-16-10;/h3-5H,6,13H2,1-2H3,(H,14,18)(H,15,16);1H. The molecule has 0 aliphatic heterocycles. The molecule has 0 unspecified atom stereocenters. The summed E-state index contributed by atoms with van der Waals surface area (Å²) in [5.74, 6) is -0.421. The van der Waals surface area contributed by atoms with Crippen molar-refractivity contribution in [2.24, 2.45) is 5.73 Å². The van der Waals surface area contributed by atoms with Gasteiger partial charge in [0.25, 0.3) is 11.6 Å². The molecule has 0 saturated carbocycles. The zero-order valence-electron chi connectivity index (χ0n) is 11.5. The molecule has 1 amide bonds. The minimum Gasteiger partial charge on any atom is -0.349 e. The summed E-state index contributed by atoms with van der Waals surface area (Å²) in [6, 6.07) is 4.19. The van der Waals surface area contributed by atoms with Gasteiger partial charge in [0.2, 0.25) is 0 Å². The van der Waals surface area contributed by atoms with Crippen LogP contribution in [0, 0.1) is 10.1 Å². The van der Waals surface area contributed by atoms with E-state index in [2.05, 4.69) is 15.5 Å². The smallest absolute Gasteiger partial charge is 0.272 e. The number of nitro groups is 1. The number of hydrogen-bond donors (Lipinski definition) is 3. The van der Waals surface area contributed by atoms with Crippen LogP contribution in [0.5, 0.6) is 0 Å². The van der Waals surface area contributed by atoms with E-state index in [1.165, 1.54) is 18.2 Å². The second-order valence-corrected chi connectivity index (χ2v) is 5.23. The first-order valence-corrected chi connectivity index (χ1v) is 5.97. The predicted molar refractivity (Wildman–Crippen MR) is 80.6 cm³/mol. The number of nitrogens with one attached hydrogen (secondary N) is 2. The van der Waals surface area contributed by atoms with Crippen molar-refractivity contribution in [2.75, 3.05) is 6.54 Å². The lowest BCUT2D eigenvalue weighted by Crippen LogP contribution is -2.45. The molecule has 0 spiro atoms. The van der Waals surface area contributed by atoms with E-state index in [1.54, 1.807) is 13.8 Å². The molecule has 1 aromatic heterocycles. The van der Waals surface area contributed by atoms with Crippen molar-refractivity contribution in [2.45, 2.75) is 19.4 Å². The van der Waals surface area contributed by atoms with Gasteiger partial charge in [-0.15, -0.1) is 12.4 Å². The molecule has 1 aromatic carbocycles. The average Bonchev–Trinajstić information content (AvgIpc) is 2.77. The summed E-state index contributed by atoms with van der Waals surface area (Å²) >= 11 is 0. The number of nitrogens with zero attached hydrogens (tertiary/aromatic N) is 2. The van der Waals surface area contributed by atoms with E-state index in [4.69, 9.17) is 5.73 Å². The summed E-state index contributed by atoms with van der Waals surface area (Å²) in [5, 5.41) is 20.4. The van der Waals surface area contributed by atoms with Gasteiger partial charge in [0.05, 0.1) is 10.4 Å². The molecule has 114 valence electrons. The molecule has 0 aliphatic rings. The molecule has 2 rings (SSSR count). The number of carbonyl (C=O) groups is 1. The number of hydrogen-bond acceptors (Lipinski definition) is 5. The second kappa shape index (κ2) is 6.06. The van der Waals surface area contributed by atoms with Crippen molar-refractivity contribution in [3.8, 4) is 0 Å². The van der Waals surface area contributed by atoms with Gasteiger partial charge < -0.3 is 11.1 Å². The van der Waals surface area contributed by atoms with E-state index in [0.29, 0.717) is 10.9 Å². The van der Waals surface area contributed by atoms with Crippen molar-refractivity contribution in [3.05, 3.63) is 34.0 Å². The number of nitro benzene ring substituents is 1. The van der Waals surface area contributed by atoms with Crippen molar-refractivity contribution in [3.63, 3.8) is 0 Å². The van der Waals surface area contributed by atoms with Gasteiger partial charge in [-0.25, -0.2) is 0 Å². The van der Waals surface area contributed by atoms with Gasteiger partial charge in [-0.1, -0.05) is 0 Å². The Kier molecular flexibility index (Phi) is 4.87. The van der Waals surface area contributed by atoms with Crippen LogP contribution in [0.15, 0.2) is 18.2 Å². The Morgan fingerprint density at radius 3 is 2.76 bits per heavy atom. The van der Waals surface area contributed by atoms with Gasteiger partial charge in [0.1, 0.15) is 0 Å². The maximum atomic E-state index is 12.0. The van der Waals surface area contributed by atoms with Crippen LogP contribution < -0.4 is 11.1 Å². The molecule has 0 bridgehead atoms. The first kappa shape index (κ1) is 16.9. The molecule has 0 fully saturated rings. The van der Waals surface area contributed by atoms with Gasteiger partial charge in [-0.3, -0.25) is 20.0 Å². The average molecular weight is 314 g/mol. The lowest BCUT2D eigenvalue weighted by molar-refractivity contribution is -0.384. The van der Waals surface area contributed by atoms with Gasteiger partial charge in [0, 0.05) is 29.6 Å². The highest BCUT2D eigenvalue weighted by Gasteiger charge is 2.19. The predicted octanol–water partition coefficient (Wildman–Crippen LogP) is 1.36. The molecule has 4 N–H and O–H groups in total. The maximum absolute atomic E-state index is 12.0. The van der Waals surface area contributed by atoms with E-state index in [0.717, 1.165) is 0 Å². The van der Waals surface area contributed by atoms with E-state index in [1.807, 2.05) is 0 Å². The maximum Gasteiger partial charge on any atom is 0.272 e. The van der Waals surface area contributed by atoms with Gasteiger partial charge in [0.15, 0.2) is 5.69 Å². The van der Waals surface area contributed by atoms with Crippen LogP contribution in [0.2, 0.25) is 0 Å². The number of H-pyrrole nitrogens is 1. The van der Waals surface area contributed by atoms with Crippen LogP contribution in [-0.4, -0.2) is 33.1 Å². The first-order valence-electron chi connectivity index (χ1n) is 5.97. The summed E-state index contributed by atoms with van der Waals surface area (Å²) in [6.07, 6.45) is 0. The number of halogens is 1. The fourth-order valence-corrected chi connectivity index (χ4v) is 1.68. The fourth-order valence-electron chi connectivity index (χ4n) is 1.68. The van der Waals surface area contributed by atoms with Gasteiger partial charge >= 0.3 is 0 Å². The Morgan fingerprint density at radius 1 is 1.52 bits per heavy atom. The number of carbonyl (C=O) groups excluding carboxylic acids is 1. The van der Waals surface area contributed by atoms with E-state index in [-0.39, 0.29) is 30.3 Å². The number of fused-ring (bicyclic) bond motifs is 1. The zero-order chi connectivity index (χ0) is 14.9. The molecule has 21 heavy (non-hydrogen) atoms. The van der Waals surface area contributed by atoms with Gasteiger partial charge in [-0.2, -0.15) is 5.10 Å². The summed E-state index contributed by atoms with van der Waals surface area (Å²) in [7, 11) is 0. The molecular formula is C12H16ClN5O3. The lowest BCUT2D eigenvalue weighted by Gasteiger charge is -2.18. The van der Waals surface area contributed by atoms with Crippen LogP contribution in [-0.2, 0) is 0 Å². The summed E-state index contributed by atoms with van der Waals surface area (Å²) < 4.78 is 0. The third-order valence-electron chi connectivity index (χ3n) is 2.68. The molecule has 0 radical (unpaired) electrons. The fraction of sp³-hybridized carbons (Fsp3) is 0.333. The first-order chi connectivity index (χ1) is 9.28. The van der Waals surface area contributed by atoms with Crippen LogP contribution in [0.25, 0.3) is 10.9 Å².